The van der Waals surface area contributed by atoms with Crippen LogP contribution in [0.15, 0.2) is 36.5 Å². The minimum atomic E-state index is -0.312. The van der Waals surface area contributed by atoms with E-state index in [-0.39, 0.29) is 23.7 Å². The molecule has 4 rings (SSSR count). The Labute approximate surface area is 184 Å². The molecule has 1 aliphatic rings. The first kappa shape index (κ1) is 21.1. The van der Waals surface area contributed by atoms with Crippen LogP contribution in [-0.4, -0.2) is 43.3 Å². The summed E-state index contributed by atoms with van der Waals surface area (Å²) in [5.41, 5.74) is 1.81. The third kappa shape index (κ3) is 5.50. The van der Waals surface area contributed by atoms with Gasteiger partial charge in [-0.05, 0) is 56.9 Å². The number of carbonyl (C=O) groups is 1. The highest BCUT2D eigenvalue weighted by Gasteiger charge is 2.24. The number of aliphatic hydroxyl groups excluding tert-OH is 1. The highest BCUT2D eigenvalue weighted by molar-refractivity contribution is 6.30. The van der Waals surface area contributed by atoms with Gasteiger partial charge in [-0.15, -0.1) is 0 Å². The van der Waals surface area contributed by atoms with Crippen LogP contribution in [0.25, 0.3) is 0 Å². The van der Waals surface area contributed by atoms with Gasteiger partial charge in [-0.1, -0.05) is 11.6 Å². The molecule has 1 saturated carbocycles. The van der Waals surface area contributed by atoms with Crippen molar-refractivity contribution in [2.45, 2.75) is 44.8 Å². The lowest BCUT2D eigenvalue weighted by Crippen LogP contribution is -2.39. The second kappa shape index (κ2) is 9.32. The van der Waals surface area contributed by atoms with Crippen LogP contribution in [0.5, 0.6) is 0 Å². The predicted octanol–water partition coefficient (Wildman–Crippen LogP) is 3.68. The Morgan fingerprint density at radius 2 is 1.87 bits per heavy atom. The topological polar surface area (TPSA) is 128 Å². The quantitative estimate of drug-likeness (QED) is 0.394. The van der Waals surface area contributed by atoms with Crippen LogP contribution >= 0.6 is 11.6 Å². The first-order valence-electron chi connectivity index (χ1n) is 10.1. The van der Waals surface area contributed by atoms with Crippen molar-refractivity contribution in [1.29, 1.82) is 0 Å². The molecule has 2 heterocycles. The number of aliphatic hydroxyl groups is 1. The zero-order chi connectivity index (χ0) is 21.8. The van der Waals surface area contributed by atoms with Gasteiger partial charge in [0.15, 0.2) is 23.1 Å². The molecule has 31 heavy (non-hydrogen) atoms. The smallest absolute Gasteiger partial charge is 0.273 e. The van der Waals surface area contributed by atoms with Crippen molar-refractivity contribution in [3.8, 4) is 0 Å². The number of rotatable bonds is 6. The van der Waals surface area contributed by atoms with E-state index < -0.39 is 0 Å². The summed E-state index contributed by atoms with van der Waals surface area (Å²) in [4.78, 5) is 21.9. The molecular weight excluding hydrogens is 418 g/mol. The minimum absolute atomic E-state index is 0.00548. The number of halogens is 1. The Balaban J connectivity index is 1.57. The van der Waals surface area contributed by atoms with Gasteiger partial charge in [0.1, 0.15) is 0 Å². The second-order valence-corrected chi connectivity index (χ2v) is 8.06. The number of hydrogen-bond acceptors (Lipinski definition) is 7. The molecule has 10 heteroatoms. The van der Waals surface area contributed by atoms with Crippen LogP contribution in [0, 0.1) is 6.92 Å². The van der Waals surface area contributed by atoms with E-state index in [9.17, 15) is 9.90 Å². The summed E-state index contributed by atoms with van der Waals surface area (Å²) >= 11 is 5.97. The fourth-order valence-corrected chi connectivity index (χ4v) is 3.59. The highest BCUT2D eigenvalue weighted by Crippen LogP contribution is 2.24. The molecule has 0 bridgehead atoms. The number of nitrogens with zero attached hydrogens (tertiary/aromatic N) is 3. The lowest BCUT2D eigenvalue weighted by atomic mass is 9.93. The van der Waals surface area contributed by atoms with Gasteiger partial charge in [0.25, 0.3) is 5.91 Å². The molecule has 0 aliphatic heterocycles. The molecule has 1 aromatic carbocycles. The molecule has 0 radical (unpaired) electrons. The van der Waals surface area contributed by atoms with Crippen molar-refractivity contribution in [3.05, 3.63) is 52.9 Å². The largest absolute Gasteiger partial charge is 0.393 e. The van der Waals surface area contributed by atoms with E-state index in [0.717, 1.165) is 24.2 Å². The Bertz CT molecular complexity index is 1050. The Kier molecular flexibility index (Phi) is 6.34. The molecule has 1 fully saturated rings. The summed E-state index contributed by atoms with van der Waals surface area (Å²) in [6, 6.07) is 8.94. The van der Waals surface area contributed by atoms with Gasteiger partial charge < -0.3 is 21.1 Å². The number of hydrogen-bond donors (Lipinski definition) is 5. The fraction of sp³-hybridized carbons (Fsp3) is 0.333. The van der Waals surface area contributed by atoms with E-state index in [1.165, 1.54) is 6.20 Å². The van der Waals surface area contributed by atoms with Crippen molar-refractivity contribution >= 4 is 40.6 Å². The third-order valence-corrected chi connectivity index (χ3v) is 5.34. The number of aryl methyl sites for hydroxylation is 1. The van der Waals surface area contributed by atoms with Crippen LogP contribution in [0.1, 0.15) is 41.9 Å². The van der Waals surface area contributed by atoms with Crippen molar-refractivity contribution in [1.82, 2.24) is 25.5 Å². The Morgan fingerprint density at radius 1 is 1.13 bits per heavy atom. The normalized spacial score (nSPS) is 18.4. The van der Waals surface area contributed by atoms with Crippen LogP contribution in [-0.2, 0) is 0 Å². The monoisotopic (exact) mass is 441 g/mol. The molecule has 9 nitrogen and oxygen atoms in total. The first-order chi connectivity index (χ1) is 15.0. The van der Waals surface area contributed by atoms with Gasteiger partial charge in [0.2, 0.25) is 0 Å². The molecule has 162 valence electrons. The van der Waals surface area contributed by atoms with Gasteiger partial charge in [0.05, 0.1) is 12.3 Å². The number of anilines is 4. The van der Waals surface area contributed by atoms with E-state index >= 15 is 0 Å². The Hall–Kier alpha value is -3.17. The van der Waals surface area contributed by atoms with Gasteiger partial charge in [-0.25, -0.2) is 9.97 Å². The molecule has 2 aromatic heterocycles. The Morgan fingerprint density at radius 3 is 2.55 bits per heavy atom. The lowest BCUT2D eigenvalue weighted by molar-refractivity contribution is 0.0864. The average molecular weight is 442 g/mol. The molecule has 0 unspecified atom stereocenters. The number of carbonyl (C=O) groups excluding carboxylic acids is 1. The van der Waals surface area contributed by atoms with E-state index in [2.05, 4.69) is 36.1 Å². The molecule has 0 spiro atoms. The maximum atomic E-state index is 13.0. The summed E-state index contributed by atoms with van der Waals surface area (Å²) in [6.45, 7) is 1.90. The maximum Gasteiger partial charge on any atom is 0.273 e. The molecule has 5 N–H and O–H groups in total. The number of aromatic nitrogens is 4. The van der Waals surface area contributed by atoms with E-state index in [4.69, 9.17) is 11.6 Å². The zero-order valence-corrected chi connectivity index (χ0v) is 17.8. The summed E-state index contributed by atoms with van der Waals surface area (Å²) in [7, 11) is 0. The minimum Gasteiger partial charge on any atom is -0.393 e. The van der Waals surface area contributed by atoms with Crippen LogP contribution < -0.4 is 16.0 Å². The third-order valence-electron chi connectivity index (χ3n) is 5.09. The first-order valence-corrected chi connectivity index (χ1v) is 10.5. The van der Waals surface area contributed by atoms with Crippen molar-refractivity contribution in [2.24, 2.45) is 0 Å². The van der Waals surface area contributed by atoms with E-state index in [0.29, 0.717) is 35.3 Å². The molecular formula is C21H24ClN7O2. The summed E-state index contributed by atoms with van der Waals surface area (Å²) in [6.07, 6.45) is 4.04. The summed E-state index contributed by atoms with van der Waals surface area (Å²) < 4.78 is 0. The average Bonchev–Trinajstić information content (AvgIpc) is 3.16. The second-order valence-electron chi connectivity index (χ2n) is 7.62. The fourth-order valence-electron chi connectivity index (χ4n) is 3.46. The molecule has 0 saturated heterocycles. The number of aromatic amines is 1. The summed E-state index contributed by atoms with van der Waals surface area (Å²) in [5.74, 6) is 1.04. The summed E-state index contributed by atoms with van der Waals surface area (Å²) in [5, 5.41) is 26.5. The van der Waals surface area contributed by atoms with Gasteiger partial charge >= 0.3 is 0 Å². The van der Waals surface area contributed by atoms with E-state index in [1.807, 2.05) is 13.0 Å². The van der Waals surface area contributed by atoms with Gasteiger partial charge in [-0.3, -0.25) is 9.89 Å². The number of H-pyrrole nitrogens is 1. The van der Waals surface area contributed by atoms with E-state index in [1.54, 1.807) is 24.3 Å². The van der Waals surface area contributed by atoms with Crippen molar-refractivity contribution in [3.63, 3.8) is 0 Å². The predicted molar refractivity (Wildman–Crippen MR) is 119 cm³/mol. The maximum absolute atomic E-state index is 13.0. The van der Waals surface area contributed by atoms with Crippen LogP contribution in [0.4, 0.5) is 23.1 Å². The van der Waals surface area contributed by atoms with Crippen molar-refractivity contribution < 1.29 is 9.90 Å². The van der Waals surface area contributed by atoms with Crippen LogP contribution in [0.3, 0.4) is 0 Å². The molecule has 1 amide bonds. The van der Waals surface area contributed by atoms with Gasteiger partial charge in [-0.2, -0.15) is 5.10 Å². The highest BCUT2D eigenvalue weighted by atomic mass is 35.5. The van der Waals surface area contributed by atoms with Crippen LogP contribution in [0.2, 0.25) is 5.02 Å². The molecule has 0 atom stereocenters. The molecule has 1 aliphatic carbocycles. The lowest BCUT2D eigenvalue weighted by Gasteiger charge is -2.26. The molecule has 3 aromatic rings. The number of benzene rings is 1. The van der Waals surface area contributed by atoms with Gasteiger partial charge in [0, 0.05) is 28.5 Å². The zero-order valence-electron chi connectivity index (χ0n) is 17.0. The SMILES string of the molecule is Cc1cc(Nc2cnc(C(=O)N[C@H]3CC[C@H](O)CC3)c(Nc3ccc(Cl)cc3)n2)n[nH]1. The standard InChI is InChI=1S/C21H24ClN7O2/c1-12-10-17(29-28-12)26-18-11-23-19(21(31)25-15-6-8-16(30)9-7-15)20(27-18)24-14-4-2-13(22)3-5-14/h2-5,10-11,15-16,30H,6-9H2,1H3,(H,25,31)(H3,24,26,27,28,29)/t15-,16-. The number of nitrogens with one attached hydrogen (secondary N) is 4. The van der Waals surface area contributed by atoms with Crippen molar-refractivity contribution in [2.75, 3.05) is 10.6 Å². The number of amides is 1.